The molecule has 10 nitrogen and oxygen atoms in total. The Kier molecular flexibility index (Phi) is 7.62. The van der Waals surface area contributed by atoms with Crippen molar-refractivity contribution in [3.05, 3.63) is 40.1 Å². The first-order valence-electron chi connectivity index (χ1n) is 9.92. The maximum Gasteiger partial charge on any atom is 0.419 e. The average molecular weight is 456 g/mol. The molecule has 1 amide bonds. The maximum atomic E-state index is 12.6. The number of rotatable bonds is 8. The zero-order chi connectivity index (χ0) is 23.1. The van der Waals surface area contributed by atoms with Crippen LogP contribution in [-0.4, -0.2) is 77.0 Å². The second-order valence-corrected chi connectivity index (χ2v) is 7.04. The first-order chi connectivity index (χ1) is 15.3. The Morgan fingerprint density at radius 2 is 1.78 bits per heavy atom. The molecule has 2 aromatic rings. The summed E-state index contributed by atoms with van der Waals surface area (Å²) in [6, 6.07) is 0. The van der Waals surface area contributed by atoms with E-state index < -0.39 is 11.7 Å². The number of nitrogens with zero attached hydrogens (tertiary/aromatic N) is 5. The summed E-state index contributed by atoms with van der Waals surface area (Å²) in [5.74, 6) is 0.510. The minimum Gasteiger partial charge on any atom is -0.489 e. The van der Waals surface area contributed by atoms with E-state index in [0.29, 0.717) is 37.5 Å². The van der Waals surface area contributed by atoms with E-state index in [4.69, 9.17) is 9.47 Å². The van der Waals surface area contributed by atoms with Crippen molar-refractivity contribution in [2.24, 2.45) is 0 Å². The number of alkyl halides is 3. The SMILES string of the molecule is Cc1c(OCCOCCC(=O)N2CCN(c3ncc(C(F)(F)F)cn3)CC2)cn[nH]c1=O. The molecule has 3 heterocycles. The van der Waals surface area contributed by atoms with Crippen LogP contribution in [0.25, 0.3) is 0 Å². The fraction of sp³-hybridized carbons (Fsp3) is 0.526. The van der Waals surface area contributed by atoms with Crippen LogP contribution in [0.1, 0.15) is 17.5 Å². The number of hydrogen-bond donors (Lipinski definition) is 1. The van der Waals surface area contributed by atoms with Crippen LogP contribution in [0.5, 0.6) is 5.75 Å². The van der Waals surface area contributed by atoms with Gasteiger partial charge >= 0.3 is 6.18 Å². The van der Waals surface area contributed by atoms with Crippen molar-refractivity contribution in [2.75, 3.05) is 50.9 Å². The van der Waals surface area contributed by atoms with Gasteiger partial charge in [-0.3, -0.25) is 9.59 Å². The minimum atomic E-state index is -4.48. The van der Waals surface area contributed by atoms with Crippen molar-refractivity contribution in [1.29, 1.82) is 0 Å². The van der Waals surface area contributed by atoms with Crippen molar-refractivity contribution >= 4 is 11.9 Å². The third-order valence-corrected chi connectivity index (χ3v) is 4.88. The summed E-state index contributed by atoms with van der Waals surface area (Å²) in [7, 11) is 0. The third-order valence-electron chi connectivity index (χ3n) is 4.88. The van der Waals surface area contributed by atoms with Gasteiger partial charge in [0.1, 0.15) is 12.4 Å². The number of nitrogens with one attached hydrogen (secondary N) is 1. The highest BCUT2D eigenvalue weighted by molar-refractivity contribution is 5.76. The van der Waals surface area contributed by atoms with E-state index in [0.717, 1.165) is 12.4 Å². The van der Waals surface area contributed by atoms with E-state index in [1.807, 2.05) is 0 Å². The molecule has 1 N–H and O–H groups in total. The van der Waals surface area contributed by atoms with E-state index in [1.165, 1.54) is 6.20 Å². The number of halogens is 3. The topological polar surface area (TPSA) is 114 Å². The molecule has 0 aromatic carbocycles. The molecule has 0 saturated carbocycles. The lowest BCUT2D eigenvalue weighted by molar-refractivity contribution is -0.138. The Morgan fingerprint density at radius 3 is 2.44 bits per heavy atom. The van der Waals surface area contributed by atoms with Crippen LogP contribution in [0.2, 0.25) is 0 Å². The molecule has 0 atom stereocenters. The van der Waals surface area contributed by atoms with Crippen LogP contribution < -0.4 is 15.2 Å². The minimum absolute atomic E-state index is 0.0754. The predicted molar refractivity (Wildman–Crippen MR) is 106 cm³/mol. The Balaban J connectivity index is 1.33. The number of hydrogen-bond acceptors (Lipinski definition) is 8. The molecule has 2 aromatic heterocycles. The largest absolute Gasteiger partial charge is 0.489 e. The van der Waals surface area contributed by atoms with Crippen molar-refractivity contribution in [3.8, 4) is 5.75 Å². The number of piperazine rings is 1. The Labute approximate surface area is 181 Å². The van der Waals surface area contributed by atoms with Crippen LogP contribution in [0.3, 0.4) is 0 Å². The number of ether oxygens (including phenoxy) is 2. The van der Waals surface area contributed by atoms with Crippen LogP contribution >= 0.6 is 0 Å². The van der Waals surface area contributed by atoms with Crippen LogP contribution in [0.4, 0.5) is 19.1 Å². The molecular weight excluding hydrogens is 433 g/mol. The lowest BCUT2D eigenvalue weighted by atomic mass is 10.3. The second kappa shape index (κ2) is 10.4. The number of aromatic nitrogens is 4. The fourth-order valence-corrected chi connectivity index (χ4v) is 3.00. The monoisotopic (exact) mass is 456 g/mol. The third kappa shape index (κ3) is 6.15. The van der Waals surface area contributed by atoms with Gasteiger partial charge in [-0.2, -0.15) is 18.3 Å². The van der Waals surface area contributed by atoms with Crippen molar-refractivity contribution < 1.29 is 27.4 Å². The quantitative estimate of drug-likeness (QED) is 0.586. The molecule has 1 fully saturated rings. The summed E-state index contributed by atoms with van der Waals surface area (Å²) in [5, 5.41) is 5.97. The highest BCUT2D eigenvalue weighted by atomic mass is 19.4. The number of aromatic amines is 1. The van der Waals surface area contributed by atoms with Gasteiger partial charge < -0.3 is 19.3 Å². The summed E-state index contributed by atoms with van der Waals surface area (Å²) >= 11 is 0. The molecule has 3 rings (SSSR count). The van der Waals surface area contributed by atoms with E-state index in [2.05, 4.69) is 20.2 Å². The van der Waals surface area contributed by atoms with Gasteiger partial charge in [0.2, 0.25) is 11.9 Å². The lowest BCUT2D eigenvalue weighted by Gasteiger charge is -2.34. The first kappa shape index (κ1) is 23.4. The van der Waals surface area contributed by atoms with Gasteiger partial charge in [-0.15, -0.1) is 0 Å². The van der Waals surface area contributed by atoms with Crippen LogP contribution in [0.15, 0.2) is 23.4 Å². The van der Waals surface area contributed by atoms with E-state index >= 15 is 0 Å². The van der Waals surface area contributed by atoms with Crippen LogP contribution in [-0.2, 0) is 15.7 Å². The van der Waals surface area contributed by atoms with Gasteiger partial charge in [0.05, 0.1) is 37.0 Å². The molecule has 0 aliphatic carbocycles. The number of carbonyl (C=O) groups excluding carboxylic acids is 1. The normalized spacial score (nSPS) is 14.5. The Morgan fingerprint density at radius 1 is 1.09 bits per heavy atom. The van der Waals surface area contributed by atoms with E-state index in [1.54, 1.807) is 16.7 Å². The molecule has 0 spiro atoms. The molecule has 1 aliphatic heterocycles. The maximum absolute atomic E-state index is 12.6. The molecule has 32 heavy (non-hydrogen) atoms. The first-order valence-corrected chi connectivity index (χ1v) is 9.92. The number of amides is 1. The summed E-state index contributed by atoms with van der Waals surface area (Å²) in [6.07, 6.45) is -1.35. The highest BCUT2D eigenvalue weighted by Crippen LogP contribution is 2.28. The molecule has 13 heteroatoms. The number of H-pyrrole nitrogens is 1. The average Bonchev–Trinajstić information content (AvgIpc) is 2.78. The lowest BCUT2D eigenvalue weighted by Crippen LogP contribution is -2.49. The zero-order valence-electron chi connectivity index (χ0n) is 17.4. The van der Waals surface area contributed by atoms with Gasteiger partial charge in [-0.05, 0) is 6.92 Å². The van der Waals surface area contributed by atoms with Gasteiger partial charge in [0.15, 0.2) is 0 Å². The van der Waals surface area contributed by atoms with Crippen molar-refractivity contribution in [2.45, 2.75) is 19.5 Å². The van der Waals surface area contributed by atoms with Crippen LogP contribution in [0, 0.1) is 6.92 Å². The fourth-order valence-electron chi connectivity index (χ4n) is 3.00. The molecule has 0 bridgehead atoms. The van der Waals surface area contributed by atoms with Crippen molar-refractivity contribution in [3.63, 3.8) is 0 Å². The van der Waals surface area contributed by atoms with Gasteiger partial charge in [0, 0.05) is 38.6 Å². The second-order valence-electron chi connectivity index (χ2n) is 7.04. The molecule has 1 saturated heterocycles. The number of carbonyl (C=O) groups is 1. The summed E-state index contributed by atoms with van der Waals surface area (Å²) in [5.41, 5.74) is -0.792. The standard InChI is InChI=1S/C19H23F3N6O4/c1-13-15(12-25-26-17(13)30)32-9-8-31-7-2-16(29)27-3-5-28(6-4-27)18-23-10-14(11-24-18)19(20,21)22/h10-12H,2-9H2,1H3,(H,26,30). The zero-order valence-corrected chi connectivity index (χ0v) is 17.4. The van der Waals surface area contributed by atoms with Gasteiger partial charge in [-0.25, -0.2) is 15.1 Å². The van der Waals surface area contributed by atoms with Gasteiger partial charge in [-0.1, -0.05) is 0 Å². The van der Waals surface area contributed by atoms with E-state index in [9.17, 15) is 22.8 Å². The molecular formula is C19H23F3N6O4. The summed E-state index contributed by atoms with van der Waals surface area (Å²) in [4.78, 5) is 34.7. The Hall–Kier alpha value is -3.22. The van der Waals surface area contributed by atoms with Crippen molar-refractivity contribution in [1.82, 2.24) is 25.1 Å². The molecule has 0 radical (unpaired) electrons. The summed E-state index contributed by atoms with van der Waals surface area (Å²) < 4.78 is 48.7. The Bertz CT molecular complexity index is 959. The highest BCUT2D eigenvalue weighted by Gasteiger charge is 2.32. The molecule has 0 unspecified atom stereocenters. The smallest absolute Gasteiger partial charge is 0.419 e. The number of anilines is 1. The van der Waals surface area contributed by atoms with E-state index in [-0.39, 0.29) is 43.7 Å². The predicted octanol–water partition coefficient (Wildman–Crippen LogP) is 1.02. The molecule has 1 aliphatic rings. The molecule has 174 valence electrons. The van der Waals surface area contributed by atoms with Gasteiger partial charge in [0.25, 0.3) is 5.56 Å². The summed E-state index contributed by atoms with van der Waals surface area (Å²) in [6.45, 7) is 3.99.